The number of esters is 1. The number of hydrogen-bond acceptors (Lipinski definition) is 5. The second kappa shape index (κ2) is 8.47. The summed E-state index contributed by atoms with van der Waals surface area (Å²) in [6, 6.07) is 13.2. The van der Waals surface area contributed by atoms with Gasteiger partial charge < -0.3 is 10.1 Å². The normalized spacial score (nSPS) is 10.6. The number of nitrogens with one attached hydrogen (secondary N) is 1. The molecule has 0 bridgehead atoms. The van der Waals surface area contributed by atoms with Gasteiger partial charge in [0, 0.05) is 12.0 Å². The molecule has 1 heterocycles. The van der Waals surface area contributed by atoms with Crippen LogP contribution in [0.4, 0.5) is 5.69 Å². The summed E-state index contributed by atoms with van der Waals surface area (Å²) >= 11 is 0. The van der Waals surface area contributed by atoms with Gasteiger partial charge in [0.15, 0.2) is 0 Å². The maximum absolute atomic E-state index is 12.3. The average Bonchev–Trinajstić information content (AvgIpc) is 3.10. The lowest BCUT2D eigenvalue weighted by Crippen LogP contribution is -2.15. The number of aryl methyl sites for hydroxylation is 1. The molecule has 0 aliphatic heterocycles. The van der Waals surface area contributed by atoms with Gasteiger partial charge in [0.2, 0.25) is 5.91 Å². The van der Waals surface area contributed by atoms with Crippen LogP contribution in [-0.2, 0) is 14.3 Å². The molecule has 28 heavy (non-hydrogen) atoms. The minimum absolute atomic E-state index is 0.173. The van der Waals surface area contributed by atoms with Crippen molar-refractivity contribution in [3.63, 3.8) is 0 Å². The highest BCUT2D eigenvalue weighted by molar-refractivity contribution is 5.93. The highest BCUT2D eigenvalue weighted by atomic mass is 16.5. The molecule has 0 unspecified atom stereocenters. The number of fused-ring (bicyclic) bond motifs is 1. The summed E-state index contributed by atoms with van der Waals surface area (Å²) in [5, 5.41) is 11.9. The third-order valence-corrected chi connectivity index (χ3v) is 4.06. The molecule has 0 spiro atoms. The summed E-state index contributed by atoms with van der Waals surface area (Å²) in [5.41, 5.74) is 4.24. The number of anilines is 1. The van der Waals surface area contributed by atoms with Crippen LogP contribution in [0.2, 0.25) is 0 Å². The van der Waals surface area contributed by atoms with Crippen molar-refractivity contribution in [3.05, 3.63) is 60.2 Å². The smallest absolute Gasteiger partial charge is 0.333 e. The topological polar surface area (TPSA) is 86.1 Å². The van der Waals surface area contributed by atoms with Crippen molar-refractivity contribution < 1.29 is 14.3 Å². The van der Waals surface area contributed by atoms with Crippen molar-refractivity contribution in [3.8, 4) is 5.69 Å². The third-order valence-electron chi connectivity index (χ3n) is 4.06. The van der Waals surface area contributed by atoms with Gasteiger partial charge in [-0.15, -0.1) is 15.0 Å². The van der Waals surface area contributed by atoms with Crippen molar-refractivity contribution in [1.82, 2.24) is 15.0 Å². The molecule has 0 saturated heterocycles. The lowest BCUT2D eigenvalue weighted by atomic mass is 10.2. The van der Waals surface area contributed by atoms with Gasteiger partial charge in [-0.25, -0.2) is 4.79 Å². The van der Waals surface area contributed by atoms with Gasteiger partial charge in [-0.05, 0) is 50.1 Å². The summed E-state index contributed by atoms with van der Waals surface area (Å²) in [6.07, 6.45) is 0.654. The summed E-state index contributed by atoms with van der Waals surface area (Å²) < 4.78 is 5.00. The SMILES string of the molecule is C=C(C)C(=O)OCCCC(=O)Nc1ccc(C)cc1-n1nc2ccccc2n1. The maximum Gasteiger partial charge on any atom is 0.333 e. The number of carbonyl (C=O) groups excluding carboxylic acids is 2. The second-order valence-corrected chi connectivity index (χ2v) is 6.57. The van der Waals surface area contributed by atoms with E-state index in [0.717, 1.165) is 16.6 Å². The number of benzene rings is 2. The van der Waals surface area contributed by atoms with Crippen molar-refractivity contribution in [2.24, 2.45) is 0 Å². The summed E-state index contributed by atoms with van der Waals surface area (Å²) in [5.74, 6) is -0.619. The summed E-state index contributed by atoms with van der Waals surface area (Å²) in [7, 11) is 0. The fraction of sp³-hybridized carbons (Fsp3) is 0.238. The minimum Gasteiger partial charge on any atom is -0.462 e. The average molecular weight is 378 g/mol. The number of amides is 1. The van der Waals surface area contributed by atoms with Gasteiger partial charge >= 0.3 is 5.97 Å². The fourth-order valence-corrected chi connectivity index (χ4v) is 2.61. The van der Waals surface area contributed by atoms with Gasteiger partial charge in [-0.1, -0.05) is 24.8 Å². The predicted molar refractivity (Wildman–Crippen MR) is 107 cm³/mol. The minimum atomic E-state index is -0.446. The highest BCUT2D eigenvalue weighted by Crippen LogP contribution is 2.22. The zero-order chi connectivity index (χ0) is 20.1. The van der Waals surface area contributed by atoms with Crippen LogP contribution in [0, 0.1) is 6.92 Å². The summed E-state index contributed by atoms with van der Waals surface area (Å²) in [6.45, 7) is 7.24. The van der Waals surface area contributed by atoms with Gasteiger partial charge in [0.25, 0.3) is 0 Å². The van der Waals surface area contributed by atoms with Gasteiger partial charge in [-0.3, -0.25) is 4.79 Å². The molecule has 7 nitrogen and oxygen atoms in total. The highest BCUT2D eigenvalue weighted by Gasteiger charge is 2.12. The molecule has 7 heteroatoms. The number of ether oxygens (including phenoxy) is 1. The molecule has 0 radical (unpaired) electrons. The molecule has 0 saturated carbocycles. The van der Waals surface area contributed by atoms with Gasteiger partial charge in [0.05, 0.1) is 12.3 Å². The Kier molecular flexibility index (Phi) is 5.84. The Bertz CT molecular complexity index is 1010. The van der Waals surface area contributed by atoms with Crippen molar-refractivity contribution in [1.29, 1.82) is 0 Å². The number of carbonyl (C=O) groups is 2. The van der Waals surface area contributed by atoms with Crippen LogP contribution in [0.5, 0.6) is 0 Å². The molecule has 3 aromatic rings. The Morgan fingerprint density at radius 2 is 1.82 bits per heavy atom. The fourth-order valence-electron chi connectivity index (χ4n) is 2.61. The van der Waals surface area contributed by atoms with E-state index in [-0.39, 0.29) is 18.9 Å². The van der Waals surface area contributed by atoms with Gasteiger partial charge in [0.1, 0.15) is 16.7 Å². The number of nitrogens with zero attached hydrogens (tertiary/aromatic N) is 3. The first-order valence-corrected chi connectivity index (χ1v) is 8.99. The molecule has 3 rings (SSSR count). The van der Waals surface area contributed by atoms with Crippen molar-refractivity contribution >= 4 is 28.6 Å². The summed E-state index contributed by atoms with van der Waals surface area (Å²) in [4.78, 5) is 25.2. The lowest BCUT2D eigenvalue weighted by Gasteiger charge is -2.11. The molecule has 0 aliphatic rings. The van der Waals surface area contributed by atoms with Crippen LogP contribution >= 0.6 is 0 Å². The third kappa shape index (κ3) is 4.62. The number of rotatable bonds is 7. The van der Waals surface area contributed by atoms with Crippen molar-refractivity contribution in [2.75, 3.05) is 11.9 Å². The standard InChI is InChI=1S/C21H22N4O3/c1-14(2)21(27)28-12-6-9-20(26)22-18-11-10-15(3)13-19(18)25-23-16-7-4-5-8-17(16)24-25/h4-5,7-8,10-11,13H,1,6,9,12H2,2-3H3,(H,22,26). The monoisotopic (exact) mass is 378 g/mol. The van der Waals surface area contributed by atoms with E-state index in [4.69, 9.17) is 4.74 Å². The first kappa shape index (κ1) is 19.3. The quantitative estimate of drug-likeness (QED) is 0.386. The van der Waals surface area contributed by atoms with E-state index in [1.165, 1.54) is 4.80 Å². The second-order valence-electron chi connectivity index (χ2n) is 6.57. The largest absolute Gasteiger partial charge is 0.462 e. The predicted octanol–water partition coefficient (Wildman–Crippen LogP) is 3.57. The zero-order valence-electron chi connectivity index (χ0n) is 15.9. The Hall–Kier alpha value is -3.48. The molecule has 144 valence electrons. The molecule has 2 aromatic carbocycles. The maximum atomic E-state index is 12.3. The Morgan fingerprint density at radius 3 is 2.46 bits per heavy atom. The molecule has 1 amide bonds. The van der Waals surface area contributed by atoms with E-state index in [2.05, 4.69) is 22.1 Å². The Morgan fingerprint density at radius 1 is 1.14 bits per heavy atom. The van der Waals surface area contributed by atoms with Crippen molar-refractivity contribution in [2.45, 2.75) is 26.7 Å². The zero-order valence-corrected chi connectivity index (χ0v) is 15.9. The van der Waals surface area contributed by atoms with E-state index >= 15 is 0 Å². The van der Waals surface area contributed by atoms with Crippen LogP contribution < -0.4 is 5.32 Å². The van der Waals surface area contributed by atoms with Crippen LogP contribution in [0.3, 0.4) is 0 Å². The van der Waals surface area contributed by atoms with E-state index in [0.29, 0.717) is 23.4 Å². The molecule has 1 aromatic heterocycles. The van der Waals surface area contributed by atoms with E-state index in [1.807, 2.05) is 49.4 Å². The Labute approximate surface area is 163 Å². The van der Waals surface area contributed by atoms with E-state index < -0.39 is 5.97 Å². The molecule has 1 N–H and O–H groups in total. The first-order valence-electron chi connectivity index (χ1n) is 8.99. The van der Waals surface area contributed by atoms with Crippen LogP contribution in [0.25, 0.3) is 16.7 Å². The molecule has 0 atom stereocenters. The molecular weight excluding hydrogens is 356 g/mol. The van der Waals surface area contributed by atoms with Crippen LogP contribution in [0.15, 0.2) is 54.6 Å². The van der Waals surface area contributed by atoms with Crippen LogP contribution in [-0.4, -0.2) is 33.5 Å². The number of aromatic nitrogens is 3. The first-order chi connectivity index (χ1) is 13.4. The van der Waals surface area contributed by atoms with E-state index in [9.17, 15) is 9.59 Å². The molecule has 0 fully saturated rings. The van der Waals surface area contributed by atoms with Gasteiger partial charge in [-0.2, -0.15) is 0 Å². The lowest BCUT2D eigenvalue weighted by molar-refractivity contribution is -0.139. The molecule has 0 aliphatic carbocycles. The number of hydrogen-bond donors (Lipinski definition) is 1. The Balaban J connectivity index is 1.69. The van der Waals surface area contributed by atoms with E-state index in [1.54, 1.807) is 6.92 Å². The van der Waals surface area contributed by atoms with Crippen LogP contribution in [0.1, 0.15) is 25.3 Å². The molecular formula is C21H22N4O3.